The molecule has 2 nitrogen and oxygen atoms in total. The Morgan fingerprint density at radius 2 is 2.00 bits per heavy atom. The van der Waals surface area contributed by atoms with Crippen LogP contribution in [0.2, 0.25) is 0 Å². The van der Waals surface area contributed by atoms with Gasteiger partial charge in [0.1, 0.15) is 6.61 Å². The molecular weight excluding hydrogens is 248 g/mol. The van der Waals surface area contributed by atoms with Gasteiger partial charge in [-0.2, -0.15) is 0 Å². The predicted octanol–water partition coefficient (Wildman–Crippen LogP) is 4.89. The van der Waals surface area contributed by atoms with Crippen molar-refractivity contribution in [3.63, 3.8) is 0 Å². The Morgan fingerprint density at radius 1 is 1.25 bits per heavy atom. The number of benzene rings is 1. The number of rotatable bonds is 9. The van der Waals surface area contributed by atoms with E-state index in [2.05, 4.69) is 19.1 Å². The van der Waals surface area contributed by atoms with Crippen LogP contribution in [0, 0.1) is 5.92 Å². The lowest BCUT2D eigenvalue weighted by Gasteiger charge is -2.14. The van der Waals surface area contributed by atoms with Crippen molar-refractivity contribution in [1.29, 1.82) is 0 Å². The zero-order chi connectivity index (χ0) is 14.6. The molecule has 110 valence electrons. The van der Waals surface area contributed by atoms with Crippen LogP contribution in [-0.4, -0.2) is 5.97 Å². The molecule has 0 radical (unpaired) electrons. The molecule has 1 unspecified atom stereocenters. The van der Waals surface area contributed by atoms with E-state index in [1.807, 2.05) is 37.3 Å². The van der Waals surface area contributed by atoms with Crippen molar-refractivity contribution in [3.05, 3.63) is 48.0 Å². The fraction of sp³-hybridized carbons (Fsp3) is 0.500. The second kappa shape index (κ2) is 10.2. The van der Waals surface area contributed by atoms with Crippen molar-refractivity contribution in [2.75, 3.05) is 0 Å². The number of esters is 1. The summed E-state index contributed by atoms with van der Waals surface area (Å²) < 4.78 is 5.41. The van der Waals surface area contributed by atoms with E-state index >= 15 is 0 Å². The third kappa shape index (κ3) is 6.55. The van der Waals surface area contributed by atoms with E-state index in [9.17, 15) is 4.79 Å². The second-order valence-electron chi connectivity index (χ2n) is 5.05. The van der Waals surface area contributed by atoms with Crippen LogP contribution in [0.4, 0.5) is 0 Å². The summed E-state index contributed by atoms with van der Waals surface area (Å²) in [4.78, 5) is 12.0. The van der Waals surface area contributed by atoms with Crippen molar-refractivity contribution in [2.24, 2.45) is 5.92 Å². The molecule has 0 aromatic heterocycles. The van der Waals surface area contributed by atoms with E-state index in [4.69, 9.17) is 4.74 Å². The second-order valence-corrected chi connectivity index (χ2v) is 5.05. The molecule has 0 heterocycles. The van der Waals surface area contributed by atoms with Gasteiger partial charge in [-0.1, -0.05) is 55.8 Å². The van der Waals surface area contributed by atoms with Crippen LogP contribution in [0.5, 0.6) is 0 Å². The molecular formula is C18H26O2. The van der Waals surface area contributed by atoms with E-state index in [1.165, 1.54) is 0 Å². The Hall–Kier alpha value is -1.57. The van der Waals surface area contributed by atoms with Gasteiger partial charge in [-0.25, -0.2) is 0 Å². The summed E-state index contributed by atoms with van der Waals surface area (Å²) >= 11 is 0. The predicted molar refractivity (Wildman–Crippen MR) is 83.3 cm³/mol. The molecule has 0 amide bonds. The van der Waals surface area contributed by atoms with Gasteiger partial charge in [0, 0.05) is 0 Å². The van der Waals surface area contributed by atoms with E-state index in [-0.39, 0.29) is 11.9 Å². The van der Waals surface area contributed by atoms with Crippen LogP contribution >= 0.6 is 0 Å². The lowest BCUT2D eigenvalue weighted by molar-refractivity contribution is -0.150. The third-order valence-corrected chi connectivity index (χ3v) is 3.46. The topological polar surface area (TPSA) is 26.3 Å². The van der Waals surface area contributed by atoms with E-state index < -0.39 is 0 Å². The number of hydrogen-bond acceptors (Lipinski definition) is 2. The molecule has 0 spiro atoms. The maximum Gasteiger partial charge on any atom is 0.309 e. The van der Waals surface area contributed by atoms with Gasteiger partial charge in [-0.15, -0.1) is 0 Å². The SMILES string of the molecule is CC=CCCCCC(CC)C(=O)OCc1ccccc1. The van der Waals surface area contributed by atoms with Crippen molar-refractivity contribution >= 4 is 5.97 Å². The zero-order valence-corrected chi connectivity index (χ0v) is 12.7. The molecule has 1 aromatic carbocycles. The molecule has 1 aromatic rings. The third-order valence-electron chi connectivity index (χ3n) is 3.46. The molecule has 0 bridgehead atoms. The smallest absolute Gasteiger partial charge is 0.309 e. The Morgan fingerprint density at radius 3 is 2.65 bits per heavy atom. The molecule has 0 aliphatic carbocycles. The molecule has 1 atom stereocenters. The monoisotopic (exact) mass is 274 g/mol. The van der Waals surface area contributed by atoms with Gasteiger partial charge in [-0.05, 0) is 38.2 Å². The summed E-state index contributed by atoms with van der Waals surface area (Å²) in [7, 11) is 0. The zero-order valence-electron chi connectivity index (χ0n) is 12.7. The minimum absolute atomic E-state index is 0.0457. The number of unbranched alkanes of at least 4 members (excludes halogenated alkanes) is 2. The van der Waals surface area contributed by atoms with Crippen LogP contribution < -0.4 is 0 Å². The molecule has 2 heteroatoms. The summed E-state index contributed by atoms with van der Waals surface area (Å²) in [6, 6.07) is 9.84. The van der Waals surface area contributed by atoms with Crippen molar-refractivity contribution in [1.82, 2.24) is 0 Å². The summed E-state index contributed by atoms with van der Waals surface area (Å²) in [6.45, 7) is 4.48. The Kier molecular flexibility index (Phi) is 8.44. The first kappa shape index (κ1) is 16.5. The molecule has 0 aliphatic heterocycles. The number of carbonyl (C=O) groups is 1. The Balaban J connectivity index is 2.27. The summed E-state index contributed by atoms with van der Waals surface area (Å²) in [5, 5.41) is 0. The lowest BCUT2D eigenvalue weighted by atomic mass is 9.98. The van der Waals surface area contributed by atoms with Crippen LogP contribution in [-0.2, 0) is 16.1 Å². The van der Waals surface area contributed by atoms with Crippen LogP contribution in [0.15, 0.2) is 42.5 Å². The number of carbonyl (C=O) groups excluding carboxylic acids is 1. The number of ether oxygens (including phenoxy) is 1. The Labute approximate surface area is 122 Å². The minimum Gasteiger partial charge on any atom is -0.461 e. The molecule has 0 saturated heterocycles. The lowest BCUT2D eigenvalue weighted by Crippen LogP contribution is -2.17. The number of hydrogen-bond donors (Lipinski definition) is 0. The van der Waals surface area contributed by atoms with Crippen molar-refractivity contribution < 1.29 is 9.53 Å². The van der Waals surface area contributed by atoms with E-state index in [0.29, 0.717) is 6.61 Å². The summed E-state index contributed by atoms with van der Waals surface area (Å²) in [5.74, 6) is -0.00768. The van der Waals surface area contributed by atoms with E-state index in [1.54, 1.807) is 0 Å². The normalized spacial score (nSPS) is 12.5. The molecule has 0 saturated carbocycles. The van der Waals surface area contributed by atoms with Crippen LogP contribution in [0.25, 0.3) is 0 Å². The summed E-state index contributed by atoms with van der Waals surface area (Å²) in [6.07, 6.45) is 9.38. The van der Waals surface area contributed by atoms with Gasteiger partial charge in [0.2, 0.25) is 0 Å². The molecule has 1 rings (SSSR count). The van der Waals surface area contributed by atoms with Gasteiger partial charge < -0.3 is 4.74 Å². The highest BCUT2D eigenvalue weighted by atomic mass is 16.5. The van der Waals surface area contributed by atoms with Crippen molar-refractivity contribution in [2.45, 2.75) is 52.6 Å². The highest BCUT2D eigenvalue weighted by molar-refractivity contribution is 5.72. The van der Waals surface area contributed by atoms with Gasteiger partial charge in [-0.3, -0.25) is 4.79 Å². The average Bonchev–Trinajstić information content (AvgIpc) is 2.49. The quantitative estimate of drug-likeness (QED) is 0.364. The molecule has 20 heavy (non-hydrogen) atoms. The van der Waals surface area contributed by atoms with Crippen LogP contribution in [0.3, 0.4) is 0 Å². The van der Waals surface area contributed by atoms with Gasteiger partial charge in [0.05, 0.1) is 5.92 Å². The first-order valence-electron chi connectivity index (χ1n) is 7.59. The maximum absolute atomic E-state index is 12.0. The first-order valence-corrected chi connectivity index (χ1v) is 7.59. The largest absolute Gasteiger partial charge is 0.461 e. The fourth-order valence-corrected chi connectivity index (χ4v) is 2.15. The van der Waals surface area contributed by atoms with Gasteiger partial charge in [0.15, 0.2) is 0 Å². The maximum atomic E-state index is 12.0. The minimum atomic E-state index is -0.0533. The van der Waals surface area contributed by atoms with Crippen molar-refractivity contribution in [3.8, 4) is 0 Å². The molecule has 0 N–H and O–H groups in total. The highest BCUT2D eigenvalue weighted by Gasteiger charge is 2.17. The van der Waals surface area contributed by atoms with E-state index in [0.717, 1.165) is 37.7 Å². The standard InChI is InChI=1S/C18H26O2/c1-3-5-6-7-11-14-17(4-2)18(19)20-15-16-12-9-8-10-13-16/h3,5,8-10,12-13,17H,4,6-7,11,14-15H2,1-2H3. The average molecular weight is 274 g/mol. The highest BCUT2D eigenvalue weighted by Crippen LogP contribution is 2.16. The summed E-state index contributed by atoms with van der Waals surface area (Å²) in [5.41, 5.74) is 1.05. The van der Waals surface area contributed by atoms with Gasteiger partial charge >= 0.3 is 5.97 Å². The Bertz CT molecular complexity index is 395. The molecule has 0 fully saturated rings. The fourth-order valence-electron chi connectivity index (χ4n) is 2.15. The van der Waals surface area contributed by atoms with Gasteiger partial charge in [0.25, 0.3) is 0 Å². The first-order chi connectivity index (χ1) is 9.77. The molecule has 0 aliphatic rings. The van der Waals surface area contributed by atoms with Crippen LogP contribution in [0.1, 0.15) is 51.5 Å². The number of allylic oxidation sites excluding steroid dienone is 2.